The SMILES string of the molecule is NNC(CCc1ccco1)c1cccc(C(F)(F)F)c1. The third-order valence-corrected chi connectivity index (χ3v) is 3.08. The Kier molecular flexibility index (Phi) is 4.46. The third-order valence-electron chi connectivity index (χ3n) is 3.08. The molecule has 0 aliphatic heterocycles. The van der Waals surface area contributed by atoms with E-state index in [2.05, 4.69) is 5.43 Å². The number of hydrogen-bond acceptors (Lipinski definition) is 3. The molecule has 1 atom stereocenters. The van der Waals surface area contributed by atoms with E-state index in [4.69, 9.17) is 10.3 Å². The molecule has 0 amide bonds. The number of hydrogen-bond donors (Lipinski definition) is 2. The third kappa shape index (κ3) is 3.61. The van der Waals surface area contributed by atoms with Gasteiger partial charge in [-0.2, -0.15) is 13.2 Å². The summed E-state index contributed by atoms with van der Waals surface area (Å²) >= 11 is 0. The number of halogens is 3. The van der Waals surface area contributed by atoms with Crippen molar-refractivity contribution in [3.05, 3.63) is 59.5 Å². The molecule has 2 aromatic rings. The minimum atomic E-state index is -4.35. The number of benzene rings is 1. The van der Waals surface area contributed by atoms with Crippen LogP contribution >= 0.6 is 0 Å². The summed E-state index contributed by atoms with van der Waals surface area (Å²) in [7, 11) is 0. The van der Waals surface area contributed by atoms with Crippen molar-refractivity contribution in [3.8, 4) is 0 Å². The number of furan rings is 1. The molecule has 2 rings (SSSR count). The minimum Gasteiger partial charge on any atom is -0.469 e. The van der Waals surface area contributed by atoms with Gasteiger partial charge in [-0.15, -0.1) is 0 Å². The molecule has 1 aromatic heterocycles. The van der Waals surface area contributed by atoms with E-state index in [9.17, 15) is 13.2 Å². The molecule has 0 radical (unpaired) electrons. The van der Waals surface area contributed by atoms with Crippen molar-refractivity contribution < 1.29 is 17.6 Å². The lowest BCUT2D eigenvalue weighted by atomic mass is 9.99. The van der Waals surface area contributed by atoms with E-state index in [-0.39, 0.29) is 6.04 Å². The van der Waals surface area contributed by atoms with Gasteiger partial charge in [-0.3, -0.25) is 11.3 Å². The maximum Gasteiger partial charge on any atom is 0.416 e. The highest BCUT2D eigenvalue weighted by molar-refractivity contribution is 5.28. The zero-order valence-corrected chi connectivity index (χ0v) is 10.7. The van der Waals surface area contributed by atoms with Gasteiger partial charge in [-0.25, -0.2) is 0 Å². The fourth-order valence-corrected chi connectivity index (χ4v) is 2.02. The van der Waals surface area contributed by atoms with Gasteiger partial charge in [-0.05, 0) is 36.2 Å². The van der Waals surface area contributed by atoms with Crippen molar-refractivity contribution in [2.45, 2.75) is 25.1 Å². The summed E-state index contributed by atoms with van der Waals surface area (Å²) in [5, 5.41) is 0. The second-order valence-electron chi connectivity index (χ2n) is 4.46. The highest BCUT2D eigenvalue weighted by atomic mass is 19.4. The second-order valence-corrected chi connectivity index (χ2v) is 4.46. The first-order chi connectivity index (χ1) is 9.50. The number of alkyl halides is 3. The predicted molar refractivity (Wildman–Crippen MR) is 68.5 cm³/mol. The average molecular weight is 284 g/mol. The van der Waals surface area contributed by atoms with E-state index < -0.39 is 11.7 Å². The molecule has 1 unspecified atom stereocenters. The first-order valence-electron chi connectivity index (χ1n) is 6.16. The van der Waals surface area contributed by atoms with Gasteiger partial charge in [0.15, 0.2) is 0 Å². The number of nitrogens with one attached hydrogen (secondary N) is 1. The maximum absolute atomic E-state index is 12.7. The van der Waals surface area contributed by atoms with Crippen molar-refractivity contribution >= 4 is 0 Å². The molecule has 0 aliphatic carbocycles. The van der Waals surface area contributed by atoms with Crippen LogP contribution < -0.4 is 11.3 Å². The first kappa shape index (κ1) is 14.6. The Labute approximate surface area is 114 Å². The quantitative estimate of drug-likeness (QED) is 0.653. The van der Waals surface area contributed by atoms with Crippen LogP contribution in [0.2, 0.25) is 0 Å². The van der Waals surface area contributed by atoms with Crippen molar-refractivity contribution in [2.24, 2.45) is 5.84 Å². The molecule has 6 heteroatoms. The molecule has 3 nitrogen and oxygen atoms in total. The number of rotatable bonds is 5. The Bertz CT molecular complexity index is 538. The van der Waals surface area contributed by atoms with Crippen molar-refractivity contribution in [3.63, 3.8) is 0 Å². The summed E-state index contributed by atoms with van der Waals surface area (Å²) in [6.45, 7) is 0. The molecule has 108 valence electrons. The Morgan fingerprint density at radius 3 is 2.60 bits per heavy atom. The topological polar surface area (TPSA) is 51.2 Å². The Morgan fingerprint density at radius 1 is 1.20 bits per heavy atom. The lowest BCUT2D eigenvalue weighted by molar-refractivity contribution is -0.137. The standard InChI is InChI=1S/C14H15F3N2O/c15-14(16,17)11-4-1-3-10(9-11)13(19-18)7-6-12-5-2-8-20-12/h1-5,8-9,13,19H,6-7,18H2. The fourth-order valence-electron chi connectivity index (χ4n) is 2.02. The van der Waals surface area contributed by atoms with Crippen LogP contribution in [0.4, 0.5) is 13.2 Å². The van der Waals surface area contributed by atoms with Gasteiger partial charge in [0.1, 0.15) is 5.76 Å². The van der Waals surface area contributed by atoms with Gasteiger partial charge in [0.25, 0.3) is 0 Å². The first-order valence-corrected chi connectivity index (χ1v) is 6.16. The van der Waals surface area contributed by atoms with Crippen LogP contribution in [-0.4, -0.2) is 0 Å². The summed E-state index contributed by atoms with van der Waals surface area (Å²) in [6.07, 6.45) is -1.65. The van der Waals surface area contributed by atoms with E-state index in [0.29, 0.717) is 18.4 Å². The molecule has 20 heavy (non-hydrogen) atoms. The molecule has 0 spiro atoms. The zero-order valence-electron chi connectivity index (χ0n) is 10.7. The molecule has 0 fully saturated rings. The molecular formula is C14H15F3N2O. The van der Waals surface area contributed by atoms with E-state index in [1.807, 2.05) is 6.07 Å². The minimum absolute atomic E-state index is 0.359. The van der Waals surface area contributed by atoms with Crippen LogP contribution in [0.15, 0.2) is 47.1 Å². The Hall–Kier alpha value is -1.79. The van der Waals surface area contributed by atoms with Gasteiger partial charge in [-0.1, -0.05) is 12.1 Å². The summed E-state index contributed by atoms with van der Waals surface area (Å²) < 4.78 is 43.2. The monoisotopic (exact) mass is 284 g/mol. The largest absolute Gasteiger partial charge is 0.469 e. The smallest absolute Gasteiger partial charge is 0.416 e. The highest BCUT2D eigenvalue weighted by Crippen LogP contribution is 2.31. The average Bonchev–Trinajstić information content (AvgIpc) is 2.92. The number of aryl methyl sites for hydroxylation is 1. The van der Waals surface area contributed by atoms with Crippen LogP contribution in [0.3, 0.4) is 0 Å². The van der Waals surface area contributed by atoms with Crippen LogP contribution in [-0.2, 0) is 12.6 Å². The van der Waals surface area contributed by atoms with Crippen molar-refractivity contribution in [2.75, 3.05) is 0 Å². The molecule has 0 saturated heterocycles. The van der Waals surface area contributed by atoms with Gasteiger partial charge in [0.2, 0.25) is 0 Å². The van der Waals surface area contributed by atoms with Gasteiger partial charge in [0, 0.05) is 12.5 Å². The molecule has 3 N–H and O–H groups in total. The van der Waals surface area contributed by atoms with Crippen LogP contribution in [0.1, 0.15) is 29.3 Å². The van der Waals surface area contributed by atoms with E-state index in [1.54, 1.807) is 18.4 Å². The van der Waals surface area contributed by atoms with Crippen molar-refractivity contribution in [1.82, 2.24) is 5.43 Å². The fraction of sp³-hybridized carbons (Fsp3) is 0.286. The normalized spacial score (nSPS) is 13.4. The number of hydrazine groups is 1. The summed E-state index contributed by atoms with van der Waals surface area (Å²) in [6, 6.07) is 8.40. The molecule has 0 saturated carbocycles. The molecular weight excluding hydrogens is 269 g/mol. The van der Waals surface area contributed by atoms with E-state index in [0.717, 1.165) is 17.9 Å². The summed E-state index contributed by atoms with van der Waals surface area (Å²) in [5.41, 5.74) is 2.39. The zero-order chi connectivity index (χ0) is 14.6. The lowest BCUT2D eigenvalue weighted by Crippen LogP contribution is -2.28. The van der Waals surface area contributed by atoms with E-state index in [1.165, 1.54) is 6.07 Å². The highest BCUT2D eigenvalue weighted by Gasteiger charge is 2.30. The molecule has 1 heterocycles. The Balaban J connectivity index is 2.11. The lowest BCUT2D eigenvalue weighted by Gasteiger charge is -2.17. The summed E-state index contributed by atoms with van der Waals surface area (Å²) in [5.74, 6) is 6.22. The van der Waals surface area contributed by atoms with Gasteiger partial charge in [0.05, 0.1) is 11.8 Å². The summed E-state index contributed by atoms with van der Waals surface area (Å²) in [4.78, 5) is 0. The van der Waals surface area contributed by atoms with Crippen LogP contribution in [0, 0.1) is 0 Å². The molecule has 0 aliphatic rings. The Morgan fingerprint density at radius 2 is 2.00 bits per heavy atom. The second kappa shape index (κ2) is 6.11. The number of nitrogens with two attached hydrogens (primary N) is 1. The maximum atomic E-state index is 12.7. The molecule has 1 aromatic carbocycles. The van der Waals surface area contributed by atoms with Crippen LogP contribution in [0.5, 0.6) is 0 Å². The van der Waals surface area contributed by atoms with Crippen molar-refractivity contribution in [1.29, 1.82) is 0 Å². The van der Waals surface area contributed by atoms with E-state index >= 15 is 0 Å². The predicted octanol–water partition coefficient (Wildman–Crippen LogP) is 3.44. The van der Waals surface area contributed by atoms with Gasteiger partial charge < -0.3 is 4.42 Å². The van der Waals surface area contributed by atoms with Crippen LogP contribution in [0.25, 0.3) is 0 Å². The van der Waals surface area contributed by atoms with Gasteiger partial charge >= 0.3 is 6.18 Å². The molecule has 0 bridgehead atoms.